The van der Waals surface area contributed by atoms with Crippen molar-refractivity contribution in [2.24, 2.45) is 0 Å². The Bertz CT molecular complexity index is 2390. The summed E-state index contributed by atoms with van der Waals surface area (Å²) < 4.78 is 11.2. The lowest BCUT2D eigenvalue weighted by Gasteiger charge is -2.11. The molecule has 0 atom stereocenters. The van der Waals surface area contributed by atoms with Crippen molar-refractivity contribution in [2.75, 3.05) is 0 Å². The first-order chi connectivity index (χ1) is 19.3. The molecule has 6 aromatic carbocycles. The second kappa shape index (κ2) is 7.83. The second-order valence-corrected chi connectivity index (χ2v) is 11.2. The minimum absolute atomic E-state index is 0.925. The number of para-hydroxylation sites is 3. The number of fused-ring (bicyclic) bond motifs is 10. The molecule has 182 valence electrons. The summed E-state index contributed by atoms with van der Waals surface area (Å²) in [4.78, 5) is 0. The Labute approximate surface area is 227 Å². The number of furan rings is 1. The minimum Gasteiger partial charge on any atom is -0.456 e. The Kier molecular flexibility index (Phi) is 4.24. The van der Waals surface area contributed by atoms with E-state index in [0.717, 1.165) is 21.9 Å². The summed E-state index contributed by atoms with van der Waals surface area (Å²) in [5.41, 5.74) is 8.01. The van der Waals surface area contributed by atoms with Crippen LogP contribution in [0.25, 0.3) is 80.7 Å². The van der Waals surface area contributed by atoms with E-state index in [9.17, 15) is 0 Å². The van der Waals surface area contributed by atoms with Gasteiger partial charge in [0, 0.05) is 53.0 Å². The molecule has 0 spiro atoms. The highest BCUT2D eigenvalue weighted by Gasteiger charge is 2.21. The molecule has 3 heteroatoms. The average molecular weight is 516 g/mol. The van der Waals surface area contributed by atoms with E-state index in [2.05, 4.69) is 120 Å². The molecule has 0 bridgehead atoms. The van der Waals surface area contributed by atoms with Crippen LogP contribution in [0.2, 0.25) is 0 Å². The third-order valence-electron chi connectivity index (χ3n) is 7.98. The molecule has 9 rings (SSSR count). The summed E-state index contributed by atoms with van der Waals surface area (Å²) in [6.07, 6.45) is 0. The van der Waals surface area contributed by atoms with Gasteiger partial charge in [0.05, 0.1) is 11.0 Å². The molecule has 0 N–H and O–H groups in total. The molecule has 0 saturated heterocycles. The molecule has 2 nitrogen and oxygen atoms in total. The number of rotatable bonds is 2. The number of hydrogen-bond acceptors (Lipinski definition) is 2. The van der Waals surface area contributed by atoms with Gasteiger partial charge in [-0.1, -0.05) is 78.9 Å². The van der Waals surface area contributed by atoms with Gasteiger partial charge in [0.1, 0.15) is 11.2 Å². The summed E-state index contributed by atoms with van der Waals surface area (Å²) in [6, 6.07) is 45.7. The third kappa shape index (κ3) is 2.91. The molecule has 0 saturated carbocycles. The Morgan fingerprint density at radius 1 is 0.538 bits per heavy atom. The molecule has 0 radical (unpaired) electrons. The largest absolute Gasteiger partial charge is 0.456 e. The van der Waals surface area contributed by atoms with E-state index in [1.807, 2.05) is 23.5 Å². The second-order valence-electron chi connectivity index (χ2n) is 10.1. The van der Waals surface area contributed by atoms with Crippen LogP contribution in [-0.4, -0.2) is 4.57 Å². The molecule has 0 fully saturated rings. The van der Waals surface area contributed by atoms with Crippen molar-refractivity contribution in [3.63, 3.8) is 0 Å². The van der Waals surface area contributed by atoms with Gasteiger partial charge in [0.25, 0.3) is 0 Å². The summed E-state index contributed by atoms with van der Waals surface area (Å²) in [5.74, 6) is 0. The van der Waals surface area contributed by atoms with Crippen molar-refractivity contribution in [1.29, 1.82) is 0 Å². The SMILES string of the molecule is c1ccc(-n2c3ccccc3c3cc(-c4ccc5oc6ccccc6c5c4)c4sc5ccccc5c4c32)cc1. The Balaban J connectivity index is 1.49. The normalized spacial score (nSPS) is 12.1. The standard InChI is InChI=1S/C36H21NOS/c1-2-10-23(11-3-1)37-30-15-7-4-12-24(30)29-21-27(36-34(35(29)37)26-14-6-9-17-33(26)39-36)22-18-19-32-28(20-22)25-13-5-8-16-31(25)38-32/h1-21H. The molecule has 0 aliphatic heterocycles. The van der Waals surface area contributed by atoms with E-state index >= 15 is 0 Å². The molecule has 0 unspecified atom stereocenters. The van der Waals surface area contributed by atoms with E-state index < -0.39 is 0 Å². The molecule has 39 heavy (non-hydrogen) atoms. The lowest BCUT2D eigenvalue weighted by Crippen LogP contribution is -1.93. The van der Waals surface area contributed by atoms with Crippen LogP contribution in [0.4, 0.5) is 0 Å². The van der Waals surface area contributed by atoms with Crippen LogP contribution in [-0.2, 0) is 0 Å². The maximum atomic E-state index is 6.16. The minimum atomic E-state index is 0.925. The molecule has 3 aromatic heterocycles. The maximum Gasteiger partial charge on any atom is 0.135 e. The molecule has 0 aliphatic carbocycles. The first kappa shape index (κ1) is 21.1. The van der Waals surface area contributed by atoms with Crippen LogP contribution in [0.3, 0.4) is 0 Å². The van der Waals surface area contributed by atoms with Gasteiger partial charge in [-0.3, -0.25) is 0 Å². The van der Waals surface area contributed by atoms with Gasteiger partial charge in [-0.15, -0.1) is 11.3 Å². The van der Waals surface area contributed by atoms with E-state index in [1.54, 1.807) is 0 Å². The highest BCUT2D eigenvalue weighted by Crippen LogP contribution is 2.48. The maximum absolute atomic E-state index is 6.16. The van der Waals surface area contributed by atoms with Crippen LogP contribution in [0.5, 0.6) is 0 Å². The van der Waals surface area contributed by atoms with Gasteiger partial charge in [-0.05, 0) is 54.1 Å². The predicted molar refractivity (Wildman–Crippen MR) is 166 cm³/mol. The Morgan fingerprint density at radius 3 is 2.15 bits per heavy atom. The zero-order chi connectivity index (χ0) is 25.5. The zero-order valence-corrected chi connectivity index (χ0v) is 21.7. The van der Waals surface area contributed by atoms with Crippen molar-refractivity contribution >= 4 is 75.3 Å². The van der Waals surface area contributed by atoms with E-state index in [1.165, 1.54) is 58.8 Å². The highest BCUT2D eigenvalue weighted by molar-refractivity contribution is 7.26. The van der Waals surface area contributed by atoms with Crippen LogP contribution in [0.15, 0.2) is 132 Å². The van der Waals surface area contributed by atoms with Gasteiger partial charge >= 0.3 is 0 Å². The summed E-state index contributed by atoms with van der Waals surface area (Å²) in [6.45, 7) is 0. The summed E-state index contributed by atoms with van der Waals surface area (Å²) in [5, 5.41) is 7.48. The number of thiophene rings is 1. The quantitative estimate of drug-likeness (QED) is 0.224. The molecule has 3 heterocycles. The summed E-state index contributed by atoms with van der Waals surface area (Å²) >= 11 is 1.89. The van der Waals surface area contributed by atoms with Gasteiger partial charge < -0.3 is 8.98 Å². The first-order valence-corrected chi connectivity index (χ1v) is 14.0. The fourth-order valence-corrected chi connectivity index (χ4v) is 7.53. The van der Waals surface area contributed by atoms with Crippen LogP contribution >= 0.6 is 11.3 Å². The van der Waals surface area contributed by atoms with Gasteiger partial charge in [-0.2, -0.15) is 0 Å². The molecule has 0 aliphatic rings. The topological polar surface area (TPSA) is 18.1 Å². The van der Waals surface area contributed by atoms with E-state index in [-0.39, 0.29) is 0 Å². The van der Waals surface area contributed by atoms with Crippen LogP contribution < -0.4 is 0 Å². The van der Waals surface area contributed by atoms with Gasteiger partial charge in [-0.25, -0.2) is 0 Å². The predicted octanol–water partition coefficient (Wildman–Crippen LogP) is 10.7. The number of hydrogen-bond donors (Lipinski definition) is 0. The number of aromatic nitrogens is 1. The number of benzene rings is 6. The summed E-state index contributed by atoms with van der Waals surface area (Å²) in [7, 11) is 0. The van der Waals surface area contributed by atoms with E-state index in [0.29, 0.717) is 0 Å². The fourth-order valence-electron chi connectivity index (χ4n) is 6.29. The zero-order valence-electron chi connectivity index (χ0n) is 20.9. The molecular formula is C36H21NOS. The van der Waals surface area contributed by atoms with Crippen molar-refractivity contribution < 1.29 is 4.42 Å². The van der Waals surface area contributed by atoms with Gasteiger partial charge in [0.15, 0.2) is 0 Å². The van der Waals surface area contributed by atoms with Gasteiger partial charge in [0.2, 0.25) is 0 Å². The Morgan fingerprint density at radius 2 is 1.26 bits per heavy atom. The average Bonchev–Trinajstić information content (AvgIpc) is 3.66. The van der Waals surface area contributed by atoms with Crippen molar-refractivity contribution in [2.45, 2.75) is 0 Å². The van der Waals surface area contributed by atoms with E-state index in [4.69, 9.17) is 4.42 Å². The third-order valence-corrected chi connectivity index (χ3v) is 9.19. The fraction of sp³-hybridized carbons (Fsp3) is 0. The Hall–Kier alpha value is -4.86. The first-order valence-electron chi connectivity index (χ1n) is 13.2. The smallest absolute Gasteiger partial charge is 0.135 e. The molecule has 0 amide bonds. The lowest BCUT2D eigenvalue weighted by molar-refractivity contribution is 0.669. The monoisotopic (exact) mass is 515 g/mol. The highest BCUT2D eigenvalue weighted by atomic mass is 32.1. The van der Waals surface area contributed by atoms with Crippen molar-refractivity contribution in [3.8, 4) is 16.8 Å². The lowest BCUT2D eigenvalue weighted by atomic mass is 9.97. The van der Waals surface area contributed by atoms with Crippen molar-refractivity contribution in [3.05, 3.63) is 127 Å². The van der Waals surface area contributed by atoms with Crippen LogP contribution in [0, 0.1) is 0 Å². The number of nitrogens with zero attached hydrogens (tertiary/aromatic N) is 1. The molecular weight excluding hydrogens is 494 g/mol. The van der Waals surface area contributed by atoms with Crippen LogP contribution in [0.1, 0.15) is 0 Å². The molecule has 9 aromatic rings. The van der Waals surface area contributed by atoms with Crippen molar-refractivity contribution in [1.82, 2.24) is 4.57 Å².